The Morgan fingerprint density at radius 3 is 2.47 bits per heavy atom. The third-order valence-electron chi connectivity index (χ3n) is 5.91. The molecule has 0 bridgehead atoms. The van der Waals surface area contributed by atoms with Crippen LogP contribution < -0.4 is 15.5 Å². The molecular formula is C23H33N5S2. The first-order chi connectivity index (χ1) is 14.8. The molecule has 0 aliphatic carbocycles. The largest absolute Gasteiger partial charge is 0.370 e. The normalized spacial score (nSPS) is 19.1. The molecule has 2 fully saturated rings. The smallest absolute Gasteiger partial charge is 0.191 e. The lowest BCUT2D eigenvalue weighted by molar-refractivity contribution is 0.249. The number of likely N-dealkylation sites (tertiary alicyclic amines) is 1. The molecule has 0 spiro atoms. The van der Waals surface area contributed by atoms with Gasteiger partial charge in [-0.1, -0.05) is 18.2 Å². The first-order valence-corrected chi connectivity index (χ1v) is 13.0. The molecule has 1 aromatic heterocycles. The molecule has 2 N–H and O–H groups in total. The number of aliphatic imine (C=N–C) groups is 1. The Hall–Kier alpha value is -1.70. The average Bonchev–Trinajstić information content (AvgIpc) is 3.52. The summed E-state index contributed by atoms with van der Waals surface area (Å²) in [7, 11) is 1.85. The molecule has 4 rings (SSSR count). The van der Waals surface area contributed by atoms with Gasteiger partial charge in [0.1, 0.15) is 0 Å². The number of anilines is 1. The molecule has 30 heavy (non-hydrogen) atoms. The van der Waals surface area contributed by atoms with Crippen LogP contribution in [0.4, 0.5) is 5.69 Å². The first-order valence-electron chi connectivity index (χ1n) is 11.0. The van der Waals surface area contributed by atoms with E-state index in [9.17, 15) is 0 Å². The standard InChI is InChI=1S/C23H33N5S2/c1-24-23(26-18-21(22-5-4-14-30-22)28-10-2-3-11-28)25-17-19-6-8-20(9-7-19)27-12-15-29-16-13-27/h4-9,14,21H,2-3,10-13,15-18H2,1H3,(H2,24,25,26). The van der Waals surface area contributed by atoms with Gasteiger partial charge in [0.2, 0.25) is 0 Å². The van der Waals surface area contributed by atoms with Crippen LogP contribution in [0.15, 0.2) is 46.8 Å². The highest BCUT2D eigenvalue weighted by molar-refractivity contribution is 7.99. The zero-order chi connectivity index (χ0) is 20.6. The number of hydrogen-bond donors (Lipinski definition) is 2. The summed E-state index contributed by atoms with van der Waals surface area (Å²) < 4.78 is 0. The predicted octanol–water partition coefficient (Wildman–Crippen LogP) is 3.80. The number of guanidine groups is 1. The van der Waals surface area contributed by atoms with Crippen molar-refractivity contribution in [3.8, 4) is 0 Å². The van der Waals surface area contributed by atoms with Crippen molar-refractivity contribution in [2.75, 3.05) is 56.2 Å². The highest BCUT2D eigenvalue weighted by Crippen LogP contribution is 2.27. The maximum absolute atomic E-state index is 4.44. The van der Waals surface area contributed by atoms with Crippen LogP contribution in [0.3, 0.4) is 0 Å². The van der Waals surface area contributed by atoms with E-state index in [-0.39, 0.29) is 0 Å². The highest BCUT2D eigenvalue weighted by atomic mass is 32.2. The third-order valence-corrected chi connectivity index (χ3v) is 7.83. The molecule has 1 atom stereocenters. The van der Waals surface area contributed by atoms with Crippen LogP contribution in [0.25, 0.3) is 0 Å². The summed E-state index contributed by atoms with van der Waals surface area (Å²) >= 11 is 3.90. The molecule has 162 valence electrons. The number of hydrogen-bond acceptors (Lipinski definition) is 5. The Morgan fingerprint density at radius 1 is 1.03 bits per heavy atom. The van der Waals surface area contributed by atoms with Crippen LogP contribution in [0.2, 0.25) is 0 Å². The van der Waals surface area contributed by atoms with Gasteiger partial charge in [0.15, 0.2) is 5.96 Å². The van der Waals surface area contributed by atoms with Gasteiger partial charge < -0.3 is 15.5 Å². The van der Waals surface area contributed by atoms with Crippen molar-refractivity contribution in [3.63, 3.8) is 0 Å². The lowest BCUT2D eigenvalue weighted by Gasteiger charge is -2.28. The minimum Gasteiger partial charge on any atom is -0.370 e. The molecule has 2 saturated heterocycles. The number of nitrogens with zero attached hydrogens (tertiary/aromatic N) is 3. The third kappa shape index (κ3) is 5.71. The Bertz CT molecular complexity index is 778. The van der Waals surface area contributed by atoms with Crippen LogP contribution >= 0.6 is 23.1 Å². The molecule has 0 amide bonds. The van der Waals surface area contributed by atoms with Gasteiger partial charge in [-0.3, -0.25) is 9.89 Å². The molecule has 7 heteroatoms. The fourth-order valence-electron chi connectivity index (χ4n) is 4.19. The van der Waals surface area contributed by atoms with Crippen molar-refractivity contribution in [1.82, 2.24) is 15.5 Å². The van der Waals surface area contributed by atoms with E-state index in [1.807, 2.05) is 30.1 Å². The van der Waals surface area contributed by atoms with Crippen LogP contribution in [0, 0.1) is 0 Å². The predicted molar refractivity (Wildman–Crippen MR) is 132 cm³/mol. The molecule has 0 radical (unpaired) electrons. The van der Waals surface area contributed by atoms with E-state index in [0.29, 0.717) is 6.04 Å². The summed E-state index contributed by atoms with van der Waals surface area (Å²) in [4.78, 5) is 11.0. The highest BCUT2D eigenvalue weighted by Gasteiger charge is 2.24. The Kier molecular flexibility index (Phi) is 7.94. The van der Waals surface area contributed by atoms with Gasteiger partial charge in [0, 0.05) is 55.3 Å². The minimum absolute atomic E-state index is 0.424. The van der Waals surface area contributed by atoms with Gasteiger partial charge in [-0.25, -0.2) is 0 Å². The second-order valence-corrected chi connectivity index (χ2v) is 10.1. The molecule has 0 saturated carbocycles. The fourth-order valence-corrected chi connectivity index (χ4v) is 5.95. The van der Waals surface area contributed by atoms with Crippen LogP contribution in [0.5, 0.6) is 0 Å². The topological polar surface area (TPSA) is 42.9 Å². The second-order valence-electron chi connectivity index (χ2n) is 7.85. The van der Waals surface area contributed by atoms with E-state index >= 15 is 0 Å². The molecular weight excluding hydrogens is 410 g/mol. The van der Waals surface area contributed by atoms with Crippen molar-refractivity contribution in [2.45, 2.75) is 25.4 Å². The fraction of sp³-hybridized carbons (Fsp3) is 0.522. The molecule has 2 aliphatic heterocycles. The lowest BCUT2D eigenvalue weighted by atomic mass is 10.2. The summed E-state index contributed by atoms with van der Waals surface area (Å²) in [5, 5.41) is 9.22. The molecule has 2 aliphatic rings. The zero-order valence-corrected chi connectivity index (χ0v) is 19.5. The first kappa shape index (κ1) is 21.5. The molecule has 5 nitrogen and oxygen atoms in total. The van der Waals surface area contributed by atoms with E-state index in [0.717, 1.165) is 32.1 Å². The number of benzene rings is 1. The zero-order valence-electron chi connectivity index (χ0n) is 17.8. The SMILES string of the molecule is CN=C(NCc1ccc(N2CCSCC2)cc1)NCC(c1cccs1)N1CCCC1. The summed E-state index contributed by atoms with van der Waals surface area (Å²) in [6.07, 6.45) is 2.61. The average molecular weight is 444 g/mol. The van der Waals surface area contributed by atoms with Crippen molar-refractivity contribution in [3.05, 3.63) is 52.2 Å². The van der Waals surface area contributed by atoms with Crippen LogP contribution in [0.1, 0.15) is 29.3 Å². The van der Waals surface area contributed by atoms with Crippen molar-refractivity contribution >= 4 is 34.7 Å². The maximum atomic E-state index is 4.44. The van der Waals surface area contributed by atoms with Gasteiger partial charge in [0.25, 0.3) is 0 Å². The van der Waals surface area contributed by atoms with Crippen LogP contribution in [-0.4, -0.2) is 62.1 Å². The summed E-state index contributed by atoms with van der Waals surface area (Å²) in [5.41, 5.74) is 2.62. The van der Waals surface area contributed by atoms with E-state index in [1.54, 1.807) is 0 Å². The minimum atomic E-state index is 0.424. The summed E-state index contributed by atoms with van der Waals surface area (Å²) in [6, 6.07) is 13.8. The number of nitrogens with one attached hydrogen (secondary N) is 2. The van der Waals surface area contributed by atoms with Crippen LogP contribution in [-0.2, 0) is 6.54 Å². The van der Waals surface area contributed by atoms with Gasteiger partial charge in [-0.15, -0.1) is 11.3 Å². The monoisotopic (exact) mass is 443 g/mol. The second kappa shape index (κ2) is 11.1. The number of rotatable bonds is 7. The maximum Gasteiger partial charge on any atom is 0.191 e. The lowest BCUT2D eigenvalue weighted by Crippen LogP contribution is -2.42. The van der Waals surface area contributed by atoms with Gasteiger partial charge in [0.05, 0.1) is 6.04 Å². The van der Waals surface area contributed by atoms with E-state index < -0.39 is 0 Å². The van der Waals surface area contributed by atoms with E-state index in [4.69, 9.17) is 0 Å². The van der Waals surface area contributed by atoms with Gasteiger partial charge in [-0.05, 0) is 55.1 Å². The van der Waals surface area contributed by atoms with Crippen molar-refractivity contribution in [2.24, 2.45) is 4.99 Å². The van der Waals surface area contributed by atoms with Crippen molar-refractivity contribution < 1.29 is 0 Å². The van der Waals surface area contributed by atoms with E-state index in [2.05, 4.69) is 67.2 Å². The van der Waals surface area contributed by atoms with Gasteiger partial charge in [-0.2, -0.15) is 11.8 Å². The van der Waals surface area contributed by atoms with E-state index in [1.165, 1.54) is 53.6 Å². The summed E-state index contributed by atoms with van der Waals surface area (Å²) in [6.45, 7) is 6.36. The molecule has 3 heterocycles. The molecule has 1 unspecified atom stereocenters. The summed E-state index contributed by atoms with van der Waals surface area (Å²) in [5.74, 6) is 3.33. The number of thiophene rings is 1. The Morgan fingerprint density at radius 2 is 1.80 bits per heavy atom. The molecule has 1 aromatic carbocycles. The van der Waals surface area contributed by atoms with Crippen molar-refractivity contribution in [1.29, 1.82) is 0 Å². The Balaban J connectivity index is 1.29. The number of thioether (sulfide) groups is 1. The Labute approximate surface area is 188 Å². The quantitative estimate of drug-likeness (QED) is 0.503. The van der Waals surface area contributed by atoms with Gasteiger partial charge >= 0.3 is 0 Å². The molecule has 2 aromatic rings.